The van der Waals surface area contributed by atoms with Crippen LogP contribution in [0.3, 0.4) is 0 Å². The van der Waals surface area contributed by atoms with Gasteiger partial charge in [0.1, 0.15) is 17.7 Å². The smallest absolute Gasteiger partial charge is 0.217 e. The molecule has 0 aliphatic carbocycles. The van der Waals surface area contributed by atoms with E-state index in [1.54, 1.807) is 19.2 Å². The zero-order valence-corrected chi connectivity index (χ0v) is 17.6. The minimum Gasteiger partial charge on any atom is -0.489 e. The van der Waals surface area contributed by atoms with Crippen LogP contribution in [0.1, 0.15) is 26.2 Å². The number of piperidine rings is 1. The first-order chi connectivity index (χ1) is 12.0. The highest BCUT2D eigenvalue weighted by molar-refractivity contribution is 14.0. The Morgan fingerprint density at radius 3 is 2.96 bits per heavy atom. The van der Waals surface area contributed by atoms with E-state index >= 15 is 0 Å². The summed E-state index contributed by atoms with van der Waals surface area (Å²) in [4.78, 5) is 17.6. The van der Waals surface area contributed by atoms with Crippen LogP contribution < -0.4 is 15.8 Å². The van der Waals surface area contributed by atoms with Gasteiger partial charge in [-0.25, -0.2) is 4.39 Å². The van der Waals surface area contributed by atoms with E-state index < -0.39 is 0 Å². The van der Waals surface area contributed by atoms with Crippen LogP contribution >= 0.6 is 24.0 Å². The maximum atomic E-state index is 13.2. The monoisotopic (exact) mass is 478 g/mol. The Kier molecular flexibility index (Phi) is 9.68. The highest BCUT2D eigenvalue weighted by Gasteiger charge is 2.23. The number of carbonyl (C=O) groups excluding carboxylic acids is 1. The van der Waals surface area contributed by atoms with Crippen molar-refractivity contribution in [2.24, 2.45) is 16.6 Å². The molecule has 1 fully saturated rings. The van der Waals surface area contributed by atoms with Gasteiger partial charge in [-0.05, 0) is 37.8 Å². The first kappa shape index (κ1) is 22.5. The predicted octanol–water partition coefficient (Wildman–Crippen LogP) is 2.37. The van der Waals surface area contributed by atoms with Crippen LogP contribution in [0.25, 0.3) is 0 Å². The summed E-state index contributed by atoms with van der Waals surface area (Å²) in [6.07, 6.45) is 2.28. The quantitative estimate of drug-likeness (QED) is 0.374. The number of rotatable bonds is 6. The number of guanidine groups is 1. The number of halogens is 2. The van der Waals surface area contributed by atoms with Crippen LogP contribution in [0, 0.1) is 11.7 Å². The molecule has 2 atom stereocenters. The van der Waals surface area contributed by atoms with E-state index in [2.05, 4.69) is 15.2 Å². The van der Waals surface area contributed by atoms with Crippen molar-refractivity contribution in [3.05, 3.63) is 30.1 Å². The molecule has 26 heavy (non-hydrogen) atoms. The van der Waals surface area contributed by atoms with Gasteiger partial charge in [-0.15, -0.1) is 24.0 Å². The third kappa shape index (κ3) is 7.35. The largest absolute Gasteiger partial charge is 0.489 e. The van der Waals surface area contributed by atoms with Crippen molar-refractivity contribution < 1.29 is 13.9 Å². The standard InChI is InChI=1S/C18H27FN4O2.HI/c1-13(25-16-7-3-6-15(19)10-16)11-22-18(21-2)23-8-4-5-14(12-23)9-17(20)24;/h3,6-7,10,13-14H,4-5,8-9,11-12H2,1-2H3,(H2,20,24)(H,21,22);1H. The van der Waals surface area contributed by atoms with Crippen molar-refractivity contribution in [1.29, 1.82) is 0 Å². The first-order valence-electron chi connectivity index (χ1n) is 8.64. The number of carbonyl (C=O) groups is 1. The number of amides is 1. The molecule has 1 aliphatic heterocycles. The molecule has 6 nitrogen and oxygen atoms in total. The molecule has 3 N–H and O–H groups in total. The number of hydrogen-bond acceptors (Lipinski definition) is 3. The van der Waals surface area contributed by atoms with Crippen molar-refractivity contribution in [1.82, 2.24) is 10.2 Å². The molecule has 2 rings (SSSR count). The lowest BCUT2D eigenvalue weighted by Gasteiger charge is -2.35. The fourth-order valence-corrected chi connectivity index (χ4v) is 3.09. The van der Waals surface area contributed by atoms with Crippen molar-refractivity contribution in [3.8, 4) is 5.75 Å². The van der Waals surface area contributed by atoms with Crippen LogP contribution in [-0.2, 0) is 4.79 Å². The van der Waals surface area contributed by atoms with E-state index in [0.717, 1.165) is 31.9 Å². The topological polar surface area (TPSA) is 80.0 Å². The molecule has 0 radical (unpaired) electrons. The third-order valence-electron chi connectivity index (χ3n) is 4.20. The van der Waals surface area contributed by atoms with E-state index in [9.17, 15) is 9.18 Å². The van der Waals surface area contributed by atoms with Gasteiger partial charge in [-0.3, -0.25) is 9.79 Å². The molecule has 0 saturated carbocycles. The van der Waals surface area contributed by atoms with Crippen LogP contribution in [0.4, 0.5) is 4.39 Å². The lowest BCUT2D eigenvalue weighted by Crippen LogP contribution is -2.49. The maximum Gasteiger partial charge on any atom is 0.217 e. The van der Waals surface area contributed by atoms with E-state index in [4.69, 9.17) is 10.5 Å². The Morgan fingerprint density at radius 1 is 1.54 bits per heavy atom. The van der Waals surface area contributed by atoms with Crippen molar-refractivity contribution in [2.45, 2.75) is 32.3 Å². The molecule has 1 aromatic rings. The molecule has 1 amide bonds. The zero-order chi connectivity index (χ0) is 18.2. The second-order valence-electron chi connectivity index (χ2n) is 6.44. The van der Waals surface area contributed by atoms with Crippen LogP contribution in [-0.4, -0.2) is 49.6 Å². The molecular weight excluding hydrogens is 450 g/mol. The summed E-state index contributed by atoms with van der Waals surface area (Å²) < 4.78 is 18.9. The zero-order valence-electron chi connectivity index (χ0n) is 15.3. The molecule has 8 heteroatoms. The van der Waals surface area contributed by atoms with Gasteiger partial charge in [0, 0.05) is 32.6 Å². The second kappa shape index (κ2) is 11.2. The number of primary amides is 1. The van der Waals surface area contributed by atoms with Gasteiger partial charge in [0.05, 0.1) is 6.54 Å². The van der Waals surface area contributed by atoms with Crippen LogP contribution in [0.15, 0.2) is 29.3 Å². The summed E-state index contributed by atoms with van der Waals surface area (Å²) >= 11 is 0. The van der Waals surface area contributed by atoms with Gasteiger partial charge in [-0.1, -0.05) is 6.07 Å². The Bertz CT molecular complexity index is 615. The number of nitrogens with zero attached hydrogens (tertiary/aromatic N) is 2. The molecule has 0 bridgehead atoms. The average molecular weight is 478 g/mol. The number of ether oxygens (including phenoxy) is 1. The van der Waals surface area contributed by atoms with Crippen LogP contribution in [0.2, 0.25) is 0 Å². The summed E-state index contributed by atoms with van der Waals surface area (Å²) in [5.41, 5.74) is 5.31. The number of hydrogen-bond donors (Lipinski definition) is 2. The fraction of sp³-hybridized carbons (Fsp3) is 0.556. The van der Waals surface area contributed by atoms with Crippen molar-refractivity contribution in [2.75, 3.05) is 26.7 Å². The van der Waals surface area contributed by atoms with Crippen LogP contribution in [0.5, 0.6) is 5.75 Å². The molecule has 1 heterocycles. The highest BCUT2D eigenvalue weighted by atomic mass is 127. The lowest BCUT2D eigenvalue weighted by molar-refractivity contribution is -0.119. The van der Waals surface area contributed by atoms with Gasteiger partial charge in [0.2, 0.25) is 5.91 Å². The van der Waals surface area contributed by atoms with Crippen molar-refractivity contribution >= 4 is 35.8 Å². The summed E-state index contributed by atoms with van der Waals surface area (Å²) in [6.45, 7) is 4.12. The molecule has 1 saturated heterocycles. The van der Waals surface area contributed by atoms with Crippen molar-refractivity contribution in [3.63, 3.8) is 0 Å². The average Bonchev–Trinajstić information content (AvgIpc) is 2.55. The molecule has 0 aromatic heterocycles. The summed E-state index contributed by atoms with van der Waals surface area (Å²) in [5.74, 6) is 0.979. The molecule has 146 valence electrons. The third-order valence-corrected chi connectivity index (χ3v) is 4.20. The van der Waals surface area contributed by atoms with E-state index in [0.29, 0.717) is 18.7 Å². The van der Waals surface area contributed by atoms with Gasteiger partial charge < -0.3 is 20.7 Å². The maximum absolute atomic E-state index is 13.2. The number of aliphatic imine (C=N–C) groups is 1. The van der Waals surface area contributed by atoms with Gasteiger partial charge >= 0.3 is 0 Å². The molecular formula is C18H28FIN4O2. The minimum atomic E-state index is -0.317. The number of likely N-dealkylation sites (tertiary alicyclic amines) is 1. The normalized spacial score (nSPS) is 18.7. The number of benzene rings is 1. The number of nitrogens with two attached hydrogens (primary N) is 1. The molecule has 1 aromatic carbocycles. The lowest BCUT2D eigenvalue weighted by atomic mass is 9.95. The molecule has 2 unspecified atom stereocenters. The van der Waals surface area contributed by atoms with E-state index in [-0.39, 0.29) is 47.7 Å². The molecule has 1 aliphatic rings. The van der Waals surface area contributed by atoms with Gasteiger partial charge in [-0.2, -0.15) is 0 Å². The Labute approximate surface area is 171 Å². The predicted molar refractivity (Wildman–Crippen MR) is 111 cm³/mol. The van der Waals surface area contributed by atoms with Gasteiger partial charge in [0.25, 0.3) is 0 Å². The highest BCUT2D eigenvalue weighted by Crippen LogP contribution is 2.19. The fourth-order valence-electron chi connectivity index (χ4n) is 3.09. The Morgan fingerprint density at radius 2 is 2.31 bits per heavy atom. The van der Waals surface area contributed by atoms with Gasteiger partial charge in [0.15, 0.2) is 5.96 Å². The second-order valence-corrected chi connectivity index (χ2v) is 6.44. The summed E-state index contributed by atoms with van der Waals surface area (Å²) in [6, 6.07) is 6.10. The molecule has 0 spiro atoms. The van der Waals surface area contributed by atoms with E-state index in [1.807, 2.05) is 6.92 Å². The number of nitrogens with one attached hydrogen (secondary N) is 1. The Hall–Kier alpha value is -1.58. The summed E-state index contributed by atoms with van der Waals surface area (Å²) in [7, 11) is 1.73. The Balaban J connectivity index is 0.00000338. The SMILES string of the molecule is CN=C(NCC(C)Oc1cccc(F)c1)N1CCCC(CC(N)=O)C1.I. The minimum absolute atomic E-state index is 0. The first-order valence-corrected chi connectivity index (χ1v) is 8.64. The van der Waals surface area contributed by atoms with E-state index in [1.165, 1.54) is 12.1 Å². The summed E-state index contributed by atoms with van der Waals surface area (Å²) in [5, 5.41) is 3.29.